The SMILES string of the molecule is CCC(=CCOc1ccc(SC)cc1)C(=O)OC. The van der Waals surface area contributed by atoms with Crippen LogP contribution in [0.1, 0.15) is 13.3 Å². The third-order valence-corrected chi connectivity index (χ3v) is 3.21. The van der Waals surface area contributed by atoms with Crippen LogP contribution in [0.4, 0.5) is 0 Å². The zero-order valence-corrected chi connectivity index (χ0v) is 11.8. The summed E-state index contributed by atoms with van der Waals surface area (Å²) in [6.45, 7) is 2.28. The van der Waals surface area contributed by atoms with E-state index in [0.717, 1.165) is 5.75 Å². The largest absolute Gasteiger partial charge is 0.490 e. The van der Waals surface area contributed by atoms with Gasteiger partial charge in [0.05, 0.1) is 7.11 Å². The number of benzene rings is 1. The van der Waals surface area contributed by atoms with Crippen LogP contribution in [0.15, 0.2) is 40.8 Å². The van der Waals surface area contributed by atoms with E-state index < -0.39 is 0 Å². The van der Waals surface area contributed by atoms with Gasteiger partial charge in [0.1, 0.15) is 12.4 Å². The summed E-state index contributed by atoms with van der Waals surface area (Å²) in [6, 6.07) is 7.85. The van der Waals surface area contributed by atoms with Crippen LogP contribution >= 0.6 is 11.8 Å². The van der Waals surface area contributed by atoms with Crippen molar-refractivity contribution >= 4 is 17.7 Å². The molecule has 3 nitrogen and oxygen atoms in total. The van der Waals surface area contributed by atoms with E-state index in [2.05, 4.69) is 4.74 Å². The summed E-state index contributed by atoms with van der Waals surface area (Å²) < 4.78 is 10.2. The van der Waals surface area contributed by atoms with Gasteiger partial charge in [0.15, 0.2) is 0 Å². The molecule has 0 saturated heterocycles. The van der Waals surface area contributed by atoms with Crippen LogP contribution < -0.4 is 4.74 Å². The highest BCUT2D eigenvalue weighted by atomic mass is 32.2. The van der Waals surface area contributed by atoms with Gasteiger partial charge in [0.2, 0.25) is 0 Å². The molecule has 0 aromatic heterocycles. The third kappa shape index (κ3) is 4.45. The van der Waals surface area contributed by atoms with Crippen LogP contribution in [0.2, 0.25) is 0 Å². The molecule has 0 fully saturated rings. The fraction of sp³-hybridized carbons (Fsp3) is 0.357. The number of esters is 1. The lowest BCUT2D eigenvalue weighted by molar-refractivity contribution is -0.136. The van der Waals surface area contributed by atoms with Crippen LogP contribution in [0.25, 0.3) is 0 Å². The van der Waals surface area contributed by atoms with Gasteiger partial charge in [-0.05, 0) is 43.0 Å². The molecule has 0 spiro atoms. The van der Waals surface area contributed by atoms with E-state index >= 15 is 0 Å². The molecule has 1 rings (SSSR count). The smallest absolute Gasteiger partial charge is 0.333 e. The van der Waals surface area contributed by atoms with Crippen LogP contribution in [0.3, 0.4) is 0 Å². The van der Waals surface area contributed by atoms with Gasteiger partial charge >= 0.3 is 5.97 Å². The van der Waals surface area contributed by atoms with E-state index in [4.69, 9.17) is 4.74 Å². The van der Waals surface area contributed by atoms with Gasteiger partial charge in [-0.3, -0.25) is 0 Å². The molecule has 0 N–H and O–H groups in total. The minimum Gasteiger partial charge on any atom is -0.490 e. The minimum absolute atomic E-state index is 0.293. The predicted molar refractivity (Wildman–Crippen MR) is 74.1 cm³/mol. The molecule has 0 amide bonds. The maximum Gasteiger partial charge on any atom is 0.333 e. The van der Waals surface area contributed by atoms with E-state index in [1.165, 1.54) is 12.0 Å². The normalized spacial score (nSPS) is 11.2. The molecule has 0 radical (unpaired) electrons. The van der Waals surface area contributed by atoms with Gasteiger partial charge in [-0.25, -0.2) is 4.79 Å². The van der Waals surface area contributed by atoms with Gasteiger partial charge in [-0.1, -0.05) is 6.92 Å². The molecular weight excluding hydrogens is 248 g/mol. The van der Waals surface area contributed by atoms with Crippen molar-refractivity contribution in [1.29, 1.82) is 0 Å². The summed E-state index contributed by atoms with van der Waals surface area (Å²) in [7, 11) is 1.38. The molecule has 4 heteroatoms. The third-order valence-electron chi connectivity index (χ3n) is 2.47. The quantitative estimate of drug-likeness (QED) is 0.449. The Morgan fingerprint density at radius 3 is 2.50 bits per heavy atom. The molecule has 0 aliphatic carbocycles. The molecule has 0 saturated carbocycles. The molecule has 0 bridgehead atoms. The molecule has 98 valence electrons. The van der Waals surface area contributed by atoms with Crippen molar-refractivity contribution in [2.45, 2.75) is 18.2 Å². The molecule has 0 aliphatic heterocycles. The van der Waals surface area contributed by atoms with Gasteiger partial charge in [-0.2, -0.15) is 0 Å². The number of thioether (sulfide) groups is 1. The van der Waals surface area contributed by atoms with E-state index in [9.17, 15) is 4.79 Å². The molecule has 0 heterocycles. The Morgan fingerprint density at radius 2 is 2.00 bits per heavy atom. The molecule has 1 aromatic carbocycles. The number of carbonyl (C=O) groups is 1. The van der Waals surface area contributed by atoms with E-state index in [1.54, 1.807) is 17.8 Å². The molecule has 0 atom stereocenters. The first-order chi connectivity index (χ1) is 8.71. The first kappa shape index (κ1) is 14.6. The first-order valence-corrected chi connectivity index (χ1v) is 6.98. The average molecular weight is 266 g/mol. The van der Waals surface area contributed by atoms with Gasteiger partial charge in [-0.15, -0.1) is 11.8 Å². The van der Waals surface area contributed by atoms with Crippen molar-refractivity contribution in [3.8, 4) is 5.75 Å². The number of carbonyl (C=O) groups excluding carboxylic acids is 1. The molecular formula is C14H18O3S. The lowest BCUT2D eigenvalue weighted by Crippen LogP contribution is -2.06. The second-order valence-corrected chi connectivity index (χ2v) is 4.44. The number of hydrogen-bond acceptors (Lipinski definition) is 4. The number of ether oxygens (including phenoxy) is 2. The fourth-order valence-electron chi connectivity index (χ4n) is 1.41. The number of hydrogen-bond donors (Lipinski definition) is 0. The van der Waals surface area contributed by atoms with E-state index in [-0.39, 0.29) is 5.97 Å². The Bertz CT molecular complexity index is 410. The monoisotopic (exact) mass is 266 g/mol. The Kier molecular flexibility index (Phi) is 6.36. The maximum absolute atomic E-state index is 11.3. The standard InChI is InChI=1S/C14H18O3S/c1-4-11(14(15)16-2)9-10-17-12-5-7-13(18-3)8-6-12/h5-9H,4,10H2,1-3H3. The van der Waals surface area contributed by atoms with Crippen molar-refractivity contribution in [3.63, 3.8) is 0 Å². The van der Waals surface area contributed by atoms with Crippen LogP contribution in [0, 0.1) is 0 Å². The Morgan fingerprint density at radius 1 is 1.33 bits per heavy atom. The van der Waals surface area contributed by atoms with Crippen LogP contribution in [0.5, 0.6) is 5.75 Å². The van der Waals surface area contributed by atoms with Gasteiger partial charge < -0.3 is 9.47 Å². The molecule has 0 unspecified atom stereocenters. The summed E-state index contributed by atoms with van der Waals surface area (Å²) >= 11 is 1.69. The zero-order chi connectivity index (χ0) is 13.4. The summed E-state index contributed by atoms with van der Waals surface area (Å²) in [4.78, 5) is 12.5. The minimum atomic E-state index is -0.293. The Labute approximate surface area is 112 Å². The first-order valence-electron chi connectivity index (χ1n) is 5.75. The summed E-state index contributed by atoms with van der Waals surface area (Å²) in [5.41, 5.74) is 0.637. The van der Waals surface area contributed by atoms with Gasteiger partial charge in [0.25, 0.3) is 0 Å². The highest BCUT2D eigenvalue weighted by molar-refractivity contribution is 7.98. The average Bonchev–Trinajstić information content (AvgIpc) is 2.43. The zero-order valence-electron chi connectivity index (χ0n) is 10.9. The fourth-order valence-corrected chi connectivity index (χ4v) is 1.82. The lowest BCUT2D eigenvalue weighted by Gasteiger charge is -2.06. The summed E-state index contributed by atoms with van der Waals surface area (Å²) in [5, 5.41) is 0. The topological polar surface area (TPSA) is 35.5 Å². The van der Waals surface area contributed by atoms with Crippen LogP contribution in [-0.4, -0.2) is 25.9 Å². The second kappa shape index (κ2) is 7.82. The van der Waals surface area contributed by atoms with Crippen molar-refractivity contribution in [2.24, 2.45) is 0 Å². The second-order valence-electron chi connectivity index (χ2n) is 3.56. The maximum atomic E-state index is 11.3. The van der Waals surface area contributed by atoms with Crippen molar-refractivity contribution < 1.29 is 14.3 Å². The highest BCUT2D eigenvalue weighted by Crippen LogP contribution is 2.19. The van der Waals surface area contributed by atoms with Crippen molar-refractivity contribution in [2.75, 3.05) is 20.0 Å². The Hall–Kier alpha value is -1.42. The highest BCUT2D eigenvalue weighted by Gasteiger charge is 2.05. The van der Waals surface area contributed by atoms with Crippen molar-refractivity contribution in [3.05, 3.63) is 35.9 Å². The van der Waals surface area contributed by atoms with Crippen LogP contribution in [-0.2, 0) is 9.53 Å². The predicted octanol–water partition coefficient (Wildman–Crippen LogP) is 3.30. The number of rotatable bonds is 6. The summed E-state index contributed by atoms with van der Waals surface area (Å²) in [6.07, 6.45) is 4.43. The van der Waals surface area contributed by atoms with E-state index in [0.29, 0.717) is 18.6 Å². The molecule has 1 aromatic rings. The Balaban J connectivity index is 2.53. The molecule has 18 heavy (non-hydrogen) atoms. The van der Waals surface area contributed by atoms with Crippen molar-refractivity contribution in [1.82, 2.24) is 0 Å². The molecule has 0 aliphatic rings. The summed E-state index contributed by atoms with van der Waals surface area (Å²) in [5.74, 6) is 0.503. The number of methoxy groups -OCH3 is 1. The van der Waals surface area contributed by atoms with Gasteiger partial charge in [0, 0.05) is 10.5 Å². The van der Waals surface area contributed by atoms with E-state index in [1.807, 2.05) is 37.4 Å². The lowest BCUT2D eigenvalue weighted by atomic mass is 10.2.